The number of hydrogen-bond donors (Lipinski definition) is 2. The Hall–Kier alpha value is -0.860. The third kappa shape index (κ3) is 8.79. The summed E-state index contributed by atoms with van der Waals surface area (Å²) >= 11 is 0. The van der Waals surface area contributed by atoms with E-state index in [2.05, 4.69) is 24.4 Å². The first kappa shape index (κ1) is 16.2. The Kier molecular flexibility index (Phi) is 9.38. The van der Waals surface area contributed by atoms with Gasteiger partial charge in [-0.15, -0.1) is 0 Å². The van der Waals surface area contributed by atoms with E-state index < -0.39 is 0 Å². The van der Waals surface area contributed by atoms with Crippen LogP contribution in [0.1, 0.15) is 51.0 Å². The molecule has 0 heterocycles. The summed E-state index contributed by atoms with van der Waals surface area (Å²) in [5.41, 5.74) is 1.20. The van der Waals surface area contributed by atoms with Crippen LogP contribution < -0.4 is 5.32 Å². The van der Waals surface area contributed by atoms with Crippen LogP contribution in [0.3, 0.4) is 0 Å². The van der Waals surface area contributed by atoms with Crippen molar-refractivity contribution < 1.29 is 5.11 Å². The van der Waals surface area contributed by atoms with Crippen molar-refractivity contribution in [1.29, 1.82) is 0 Å². The smallest absolute Gasteiger partial charge is 0.0704 e. The molecule has 0 spiro atoms. The molecule has 2 nitrogen and oxygen atoms in total. The minimum absolute atomic E-state index is 0.275. The summed E-state index contributed by atoms with van der Waals surface area (Å²) in [6.45, 7) is 3.97. The van der Waals surface area contributed by atoms with Crippen LogP contribution in [-0.4, -0.2) is 24.3 Å². The highest BCUT2D eigenvalue weighted by Gasteiger charge is 2.04. The SMILES string of the molecule is CCCCCCCCNC[C@H](O)Cc1ccccc1. The van der Waals surface area contributed by atoms with Crippen LogP contribution in [0, 0.1) is 0 Å². The third-order valence-corrected chi connectivity index (χ3v) is 3.40. The summed E-state index contributed by atoms with van der Waals surface area (Å²) in [4.78, 5) is 0. The van der Waals surface area contributed by atoms with E-state index in [0.717, 1.165) is 13.0 Å². The molecule has 0 aliphatic heterocycles. The first-order valence-corrected chi connectivity index (χ1v) is 7.75. The molecule has 0 bridgehead atoms. The van der Waals surface area contributed by atoms with Crippen LogP contribution in [0.4, 0.5) is 0 Å². The molecule has 1 rings (SSSR count). The molecule has 0 amide bonds. The van der Waals surface area contributed by atoms with Gasteiger partial charge in [0.25, 0.3) is 0 Å². The van der Waals surface area contributed by atoms with Gasteiger partial charge in [-0.25, -0.2) is 0 Å². The normalized spacial score (nSPS) is 12.5. The molecule has 2 heteroatoms. The van der Waals surface area contributed by atoms with E-state index in [0.29, 0.717) is 6.54 Å². The van der Waals surface area contributed by atoms with Gasteiger partial charge in [-0.3, -0.25) is 0 Å². The van der Waals surface area contributed by atoms with Gasteiger partial charge in [0.1, 0.15) is 0 Å². The van der Waals surface area contributed by atoms with Crippen LogP contribution >= 0.6 is 0 Å². The number of unbranched alkanes of at least 4 members (excludes halogenated alkanes) is 5. The molecule has 0 radical (unpaired) electrons. The Morgan fingerprint density at radius 2 is 1.68 bits per heavy atom. The van der Waals surface area contributed by atoms with Crippen molar-refractivity contribution >= 4 is 0 Å². The number of aliphatic hydroxyl groups excluding tert-OH is 1. The van der Waals surface area contributed by atoms with Crippen molar-refractivity contribution in [2.45, 2.75) is 58.0 Å². The molecule has 0 unspecified atom stereocenters. The molecule has 1 aromatic rings. The predicted molar refractivity (Wildman–Crippen MR) is 82.4 cm³/mol. The molecule has 2 N–H and O–H groups in total. The van der Waals surface area contributed by atoms with Crippen LogP contribution in [0.25, 0.3) is 0 Å². The Morgan fingerprint density at radius 1 is 1.00 bits per heavy atom. The molecule has 0 saturated heterocycles. The number of benzene rings is 1. The summed E-state index contributed by atoms with van der Waals surface area (Å²) in [6, 6.07) is 10.2. The largest absolute Gasteiger partial charge is 0.391 e. The lowest BCUT2D eigenvalue weighted by Gasteiger charge is -2.11. The van der Waals surface area contributed by atoms with E-state index in [-0.39, 0.29) is 6.10 Å². The zero-order chi connectivity index (χ0) is 13.8. The lowest BCUT2D eigenvalue weighted by atomic mass is 10.1. The van der Waals surface area contributed by atoms with Crippen molar-refractivity contribution in [3.05, 3.63) is 35.9 Å². The van der Waals surface area contributed by atoms with Gasteiger partial charge in [0, 0.05) is 6.54 Å². The summed E-state index contributed by atoms with van der Waals surface area (Å²) in [5, 5.41) is 13.3. The molecule has 0 fully saturated rings. The van der Waals surface area contributed by atoms with Gasteiger partial charge in [0.15, 0.2) is 0 Å². The van der Waals surface area contributed by atoms with Gasteiger partial charge in [-0.2, -0.15) is 0 Å². The minimum atomic E-state index is -0.275. The topological polar surface area (TPSA) is 32.3 Å². The van der Waals surface area contributed by atoms with Crippen molar-refractivity contribution in [2.75, 3.05) is 13.1 Å². The third-order valence-electron chi connectivity index (χ3n) is 3.40. The molecule has 1 atom stereocenters. The maximum absolute atomic E-state index is 9.91. The molecule has 0 aromatic heterocycles. The zero-order valence-electron chi connectivity index (χ0n) is 12.3. The first-order valence-electron chi connectivity index (χ1n) is 7.75. The number of rotatable bonds is 11. The Bertz CT molecular complexity index is 299. The maximum atomic E-state index is 9.91. The Balaban J connectivity index is 1.94. The molecule has 19 heavy (non-hydrogen) atoms. The molecular weight excluding hydrogens is 234 g/mol. The molecule has 108 valence electrons. The maximum Gasteiger partial charge on any atom is 0.0704 e. The molecule has 1 aromatic carbocycles. The molecular formula is C17H29NO. The van der Waals surface area contributed by atoms with Gasteiger partial charge < -0.3 is 10.4 Å². The van der Waals surface area contributed by atoms with Crippen molar-refractivity contribution in [3.63, 3.8) is 0 Å². The van der Waals surface area contributed by atoms with E-state index in [9.17, 15) is 5.11 Å². The van der Waals surface area contributed by atoms with Gasteiger partial charge in [0.2, 0.25) is 0 Å². The van der Waals surface area contributed by atoms with E-state index in [1.165, 1.54) is 44.1 Å². The monoisotopic (exact) mass is 263 g/mol. The van der Waals surface area contributed by atoms with Crippen molar-refractivity contribution in [1.82, 2.24) is 5.32 Å². The number of hydrogen-bond acceptors (Lipinski definition) is 2. The van der Waals surface area contributed by atoms with Gasteiger partial charge >= 0.3 is 0 Å². The lowest BCUT2D eigenvalue weighted by Crippen LogP contribution is -2.29. The van der Waals surface area contributed by atoms with Gasteiger partial charge in [-0.1, -0.05) is 69.4 Å². The van der Waals surface area contributed by atoms with Crippen molar-refractivity contribution in [3.8, 4) is 0 Å². The van der Waals surface area contributed by atoms with Crippen LogP contribution in [0.2, 0.25) is 0 Å². The quantitative estimate of drug-likeness (QED) is 0.599. The fourth-order valence-corrected chi connectivity index (χ4v) is 2.26. The fourth-order valence-electron chi connectivity index (χ4n) is 2.26. The highest BCUT2D eigenvalue weighted by Crippen LogP contribution is 2.04. The fraction of sp³-hybridized carbons (Fsp3) is 0.647. The van der Waals surface area contributed by atoms with E-state index >= 15 is 0 Å². The average Bonchev–Trinajstić information content (AvgIpc) is 2.43. The highest BCUT2D eigenvalue weighted by molar-refractivity contribution is 5.15. The second kappa shape index (κ2) is 11.0. The first-order chi connectivity index (χ1) is 9.33. The zero-order valence-corrected chi connectivity index (χ0v) is 12.3. The predicted octanol–water partition coefficient (Wildman–Crippen LogP) is 3.54. The summed E-state index contributed by atoms with van der Waals surface area (Å²) in [6.07, 6.45) is 8.39. The highest BCUT2D eigenvalue weighted by atomic mass is 16.3. The van der Waals surface area contributed by atoms with Crippen molar-refractivity contribution in [2.24, 2.45) is 0 Å². The minimum Gasteiger partial charge on any atom is -0.391 e. The van der Waals surface area contributed by atoms with E-state index in [1.807, 2.05) is 18.2 Å². The van der Waals surface area contributed by atoms with Gasteiger partial charge in [-0.05, 0) is 24.9 Å². The second-order valence-electron chi connectivity index (χ2n) is 5.32. The van der Waals surface area contributed by atoms with Crippen LogP contribution in [0.15, 0.2) is 30.3 Å². The summed E-state index contributed by atoms with van der Waals surface area (Å²) in [7, 11) is 0. The number of aliphatic hydroxyl groups is 1. The molecule has 0 aliphatic rings. The van der Waals surface area contributed by atoms with Crippen LogP contribution in [-0.2, 0) is 6.42 Å². The standard InChI is InChI=1S/C17H29NO/c1-2-3-4-5-6-10-13-18-15-17(19)14-16-11-8-7-9-12-16/h7-9,11-12,17-19H,2-6,10,13-15H2,1H3/t17-/m1/s1. The number of nitrogens with one attached hydrogen (secondary N) is 1. The van der Waals surface area contributed by atoms with Gasteiger partial charge in [0.05, 0.1) is 6.10 Å². The van der Waals surface area contributed by atoms with E-state index in [4.69, 9.17) is 0 Å². The molecule has 0 saturated carbocycles. The summed E-state index contributed by atoms with van der Waals surface area (Å²) in [5.74, 6) is 0. The Labute approximate surface area is 118 Å². The molecule has 0 aliphatic carbocycles. The average molecular weight is 263 g/mol. The summed E-state index contributed by atoms with van der Waals surface area (Å²) < 4.78 is 0. The second-order valence-corrected chi connectivity index (χ2v) is 5.32. The van der Waals surface area contributed by atoms with E-state index in [1.54, 1.807) is 0 Å². The lowest BCUT2D eigenvalue weighted by molar-refractivity contribution is 0.172. The Morgan fingerprint density at radius 3 is 2.42 bits per heavy atom. The van der Waals surface area contributed by atoms with Crippen LogP contribution in [0.5, 0.6) is 0 Å².